The fourth-order valence-corrected chi connectivity index (χ4v) is 1.72. The first-order valence-corrected chi connectivity index (χ1v) is 4.73. The van der Waals surface area contributed by atoms with E-state index in [1.165, 1.54) is 4.68 Å². The second-order valence-corrected chi connectivity index (χ2v) is 3.36. The Kier molecular flexibility index (Phi) is 2.59. The molecule has 0 aliphatic carbocycles. The second kappa shape index (κ2) is 4.06. The number of aliphatic carboxylic acids is 1. The molecule has 1 aromatic carbocycles. The molecular formula is C11H10N2O3. The minimum Gasteiger partial charge on any atom is -0.481 e. The number of carboxylic acid groups (broad SMARTS) is 1. The van der Waals surface area contributed by atoms with Crippen molar-refractivity contribution in [1.82, 2.24) is 4.68 Å². The number of rotatable bonds is 4. The van der Waals surface area contributed by atoms with Gasteiger partial charge in [-0.15, -0.1) is 0 Å². The predicted octanol–water partition coefficient (Wildman–Crippen LogP) is 0.968. The summed E-state index contributed by atoms with van der Waals surface area (Å²) in [6.45, 7) is 0. The summed E-state index contributed by atoms with van der Waals surface area (Å²) >= 11 is 0. The fourth-order valence-electron chi connectivity index (χ4n) is 1.72. The summed E-state index contributed by atoms with van der Waals surface area (Å²) in [4.78, 5) is 21.1. The van der Waals surface area contributed by atoms with E-state index in [0.717, 1.165) is 10.9 Å². The quantitative estimate of drug-likeness (QED) is 0.751. The van der Waals surface area contributed by atoms with E-state index in [0.29, 0.717) is 12.0 Å². The number of fused-ring (bicyclic) bond motifs is 1. The molecule has 1 amide bonds. The Morgan fingerprint density at radius 1 is 1.44 bits per heavy atom. The van der Waals surface area contributed by atoms with Crippen LogP contribution in [0.4, 0.5) is 0 Å². The lowest BCUT2D eigenvalue weighted by Crippen LogP contribution is -2.10. The molecule has 0 radical (unpaired) electrons. The summed E-state index contributed by atoms with van der Waals surface area (Å²) in [5.74, 6) is -0.894. The number of hydrogen-bond acceptors (Lipinski definition) is 2. The molecule has 1 heterocycles. The molecule has 0 atom stereocenters. The van der Waals surface area contributed by atoms with Gasteiger partial charge in [0.15, 0.2) is 0 Å². The highest BCUT2D eigenvalue weighted by Gasteiger charge is 2.10. The molecule has 1 aromatic heterocycles. The maximum absolute atomic E-state index is 10.7. The van der Waals surface area contributed by atoms with Crippen LogP contribution in [-0.2, 0) is 16.0 Å². The predicted molar refractivity (Wildman–Crippen MR) is 58.7 cm³/mol. The van der Waals surface area contributed by atoms with Crippen LogP contribution in [0.5, 0.6) is 0 Å². The Labute approximate surface area is 91.3 Å². The van der Waals surface area contributed by atoms with Crippen LogP contribution in [0.3, 0.4) is 0 Å². The normalized spacial score (nSPS) is 10.2. The van der Waals surface area contributed by atoms with E-state index in [1.807, 2.05) is 24.3 Å². The van der Waals surface area contributed by atoms with E-state index in [2.05, 4.69) is 5.43 Å². The molecule has 5 heteroatoms. The van der Waals surface area contributed by atoms with Gasteiger partial charge in [-0.25, -0.2) is 0 Å². The first-order chi connectivity index (χ1) is 7.72. The summed E-state index contributed by atoms with van der Waals surface area (Å²) < 4.78 is 1.51. The molecule has 0 unspecified atom stereocenters. The van der Waals surface area contributed by atoms with Gasteiger partial charge in [-0.1, -0.05) is 18.2 Å². The molecule has 0 aliphatic heterocycles. The number of hydrogen-bond donors (Lipinski definition) is 2. The van der Waals surface area contributed by atoms with Crippen LogP contribution in [0.1, 0.15) is 5.56 Å². The number of carbonyl (C=O) groups is 2. The van der Waals surface area contributed by atoms with Crippen molar-refractivity contribution in [2.75, 3.05) is 5.43 Å². The zero-order chi connectivity index (χ0) is 11.5. The van der Waals surface area contributed by atoms with E-state index < -0.39 is 5.97 Å². The van der Waals surface area contributed by atoms with Gasteiger partial charge in [-0.2, -0.15) is 0 Å². The molecule has 0 aliphatic rings. The summed E-state index contributed by atoms with van der Waals surface area (Å²) in [7, 11) is 0. The number of carboxylic acids is 1. The molecule has 2 N–H and O–H groups in total. The van der Waals surface area contributed by atoms with Gasteiger partial charge < -0.3 is 5.11 Å². The summed E-state index contributed by atoms with van der Waals surface area (Å²) in [5, 5.41) is 9.60. The number of nitrogens with zero attached hydrogens (tertiary/aromatic N) is 1. The lowest BCUT2D eigenvalue weighted by molar-refractivity contribution is -0.136. The Morgan fingerprint density at radius 2 is 2.19 bits per heavy atom. The summed E-state index contributed by atoms with van der Waals surface area (Å²) in [5.41, 5.74) is 3.95. The highest BCUT2D eigenvalue weighted by atomic mass is 16.4. The van der Waals surface area contributed by atoms with Gasteiger partial charge in [0.25, 0.3) is 0 Å². The highest BCUT2D eigenvalue weighted by Crippen LogP contribution is 2.20. The Bertz CT molecular complexity index is 545. The fraction of sp³-hybridized carbons (Fsp3) is 0.0909. The van der Waals surface area contributed by atoms with Crippen molar-refractivity contribution < 1.29 is 14.7 Å². The second-order valence-electron chi connectivity index (χ2n) is 3.36. The van der Waals surface area contributed by atoms with E-state index in [-0.39, 0.29) is 6.42 Å². The molecular weight excluding hydrogens is 208 g/mol. The van der Waals surface area contributed by atoms with Gasteiger partial charge in [-0.05, 0) is 11.6 Å². The molecule has 0 fully saturated rings. The zero-order valence-electron chi connectivity index (χ0n) is 8.38. The maximum Gasteiger partial charge on any atom is 0.307 e. The number of carbonyl (C=O) groups excluding carboxylic acids is 1. The Morgan fingerprint density at radius 3 is 2.88 bits per heavy atom. The third-order valence-corrected chi connectivity index (χ3v) is 2.33. The molecule has 0 spiro atoms. The number of para-hydroxylation sites is 1. The average Bonchev–Trinajstić information content (AvgIpc) is 2.58. The highest BCUT2D eigenvalue weighted by molar-refractivity contribution is 5.88. The largest absolute Gasteiger partial charge is 0.481 e. The van der Waals surface area contributed by atoms with Gasteiger partial charge in [0.2, 0.25) is 6.41 Å². The van der Waals surface area contributed by atoms with E-state index in [4.69, 9.17) is 5.11 Å². The van der Waals surface area contributed by atoms with Crippen LogP contribution in [0, 0.1) is 0 Å². The van der Waals surface area contributed by atoms with Crippen molar-refractivity contribution in [2.24, 2.45) is 0 Å². The van der Waals surface area contributed by atoms with E-state index in [1.54, 1.807) is 6.20 Å². The van der Waals surface area contributed by atoms with Crippen LogP contribution in [0.25, 0.3) is 10.9 Å². The summed E-state index contributed by atoms with van der Waals surface area (Å²) in [6.07, 6.45) is 2.11. The van der Waals surface area contributed by atoms with Crippen molar-refractivity contribution in [3.8, 4) is 0 Å². The smallest absolute Gasteiger partial charge is 0.307 e. The molecule has 0 saturated carbocycles. The van der Waals surface area contributed by atoms with Crippen molar-refractivity contribution in [1.29, 1.82) is 0 Å². The van der Waals surface area contributed by atoms with E-state index in [9.17, 15) is 9.59 Å². The minimum absolute atomic E-state index is 0.0615. The first-order valence-electron chi connectivity index (χ1n) is 4.73. The van der Waals surface area contributed by atoms with Gasteiger partial charge in [0, 0.05) is 11.6 Å². The number of aromatic nitrogens is 1. The van der Waals surface area contributed by atoms with Crippen molar-refractivity contribution >= 4 is 23.3 Å². The van der Waals surface area contributed by atoms with Crippen LogP contribution in [-0.4, -0.2) is 22.2 Å². The maximum atomic E-state index is 10.7. The third kappa shape index (κ3) is 1.75. The minimum atomic E-state index is -0.894. The van der Waals surface area contributed by atoms with Crippen LogP contribution >= 0.6 is 0 Å². The van der Waals surface area contributed by atoms with Crippen LogP contribution < -0.4 is 5.43 Å². The molecule has 5 nitrogen and oxygen atoms in total. The number of benzene rings is 1. The van der Waals surface area contributed by atoms with E-state index >= 15 is 0 Å². The van der Waals surface area contributed by atoms with Crippen LogP contribution in [0.2, 0.25) is 0 Å². The molecule has 16 heavy (non-hydrogen) atoms. The summed E-state index contributed by atoms with van der Waals surface area (Å²) in [6, 6.07) is 7.31. The van der Waals surface area contributed by atoms with Gasteiger partial charge >= 0.3 is 5.97 Å². The first kappa shape index (κ1) is 10.2. The lowest BCUT2D eigenvalue weighted by atomic mass is 10.1. The monoisotopic (exact) mass is 218 g/mol. The average molecular weight is 218 g/mol. The third-order valence-electron chi connectivity index (χ3n) is 2.33. The SMILES string of the molecule is O=CNn1cc(CC(=O)O)c2ccccc21. The topological polar surface area (TPSA) is 71.3 Å². The lowest BCUT2D eigenvalue weighted by Gasteiger charge is -2.00. The van der Waals surface area contributed by atoms with Gasteiger partial charge in [0.05, 0.1) is 11.9 Å². The van der Waals surface area contributed by atoms with Gasteiger partial charge in [0.1, 0.15) is 0 Å². The van der Waals surface area contributed by atoms with Crippen molar-refractivity contribution in [2.45, 2.75) is 6.42 Å². The van der Waals surface area contributed by atoms with Crippen LogP contribution in [0.15, 0.2) is 30.5 Å². The molecule has 82 valence electrons. The molecule has 2 aromatic rings. The number of amides is 1. The van der Waals surface area contributed by atoms with Crippen molar-refractivity contribution in [3.63, 3.8) is 0 Å². The zero-order valence-corrected chi connectivity index (χ0v) is 8.38. The molecule has 2 rings (SSSR count). The molecule has 0 bridgehead atoms. The molecule has 0 saturated heterocycles. The van der Waals surface area contributed by atoms with Gasteiger partial charge in [-0.3, -0.25) is 19.7 Å². The number of nitrogens with one attached hydrogen (secondary N) is 1. The Hall–Kier alpha value is -2.30. The standard InChI is InChI=1S/C11H10N2O3/c14-7-12-13-6-8(5-11(15)16)9-3-1-2-4-10(9)13/h1-4,6-7H,5H2,(H,12,14)(H,15,16). The Balaban J connectivity index is 2.56. The van der Waals surface area contributed by atoms with Crippen molar-refractivity contribution in [3.05, 3.63) is 36.0 Å².